The first-order chi connectivity index (χ1) is 26.8. The van der Waals surface area contributed by atoms with Crippen LogP contribution in [0.2, 0.25) is 0 Å². The van der Waals surface area contributed by atoms with Gasteiger partial charge >= 0.3 is 0 Å². The van der Waals surface area contributed by atoms with Gasteiger partial charge in [0.15, 0.2) is 0 Å². The molecule has 0 atom stereocenters. The smallest absolute Gasteiger partial charge is 0.135 e. The number of rotatable bonds is 6. The minimum Gasteiger partial charge on any atom is -0.456 e. The van der Waals surface area contributed by atoms with E-state index in [2.05, 4.69) is 196 Å². The topological polar surface area (TPSA) is 16.4 Å². The molecule has 10 rings (SSSR count). The molecule has 2 heteroatoms. The summed E-state index contributed by atoms with van der Waals surface area (Å²) in [6.07, 6.45) is 0. The van der Waals surface area contributed by atoms with Crippen LogP contribution < -0.4 is 4.90 Å². The van der Waals surface area contributed by atoms with Crippen molar-refractivity contribution in [3.8, 4) is 44.5 Å². The molecule has 9 aromatic rings. The first kappa shape index (κ1) is 33.0. The van der Waals surface area contributed by atoms with Gasteiger partial charge in [-0.25, -0.2) is 0 Å². The normalized spacial score (nSPS) is 12.9. The zero-order valence-corrected chi connectivity index (χ0v) is 31.6. The van der Waals surface area contributed by atoms with Gasteiger partial charge in [-0.3, -0.25) is 0 Å². The van der Waals surface area contributed by atoms with Crippen molar-refractivity contribution in [1.82, 2.24) is 0 Å². The molecule has 1 aliphatic rings. The van der Waals surface area contributed by atoms with Crippen molar-refractivity contribution in [2.45, 2.75) is 33.1 Å². The molecule has 0 spiro atoms. The van der Waals surface area contributed by atoms with Crippen LogP contribution in [0.1, 0.15) is 36.1 Å². The van der Waals surface area contributed by atoms with E-state index in [4.69, 9.17) is 4.42 Å². The lowest BCUT2D eigenvalue weighted by Gasteiger charge is -2.27. The van der Waals surface area contributed by atoms with E-state index in [1.807, 2.05) is 12.1 Å². The Morgan fingerprint density at radius 2 is 1.00 bits per heavy atom. The summed E-state index contributed by atoms with van der Waals surface area (Å²) in [7, 11) is 0. The van der Waals surface area contributed by atoms with Crippen LogP contribution in [-0.2, 0) is 5.41 Å². The summed E-state index contributed by atoms with van der Waals surface area (Å²) in [6.45, 7) is 9.19. The van der Waals surface area contributed by atoms with Crippen LogP contribution in [0.15, 0.2) is 180 Å². The average molecular weight is 708 g/mol. The third-order valence-corrected chi connectivity index (χ3v) is 11.6. The van der Waals surface area contributed by atoms with Gasteiger partial charge in [0.05, 0.1) is 0 Å². The summed E-state index contributed by atoms with van der Waals surface area (Å²) >= 11 is 0. The summed E-state index contributed by atoms with van der Waals surface area (Å²) < 4.78 is 6.12. The van der Waals surface area contributed by atoms with Gasteiger partial charge in [-0.05, 0) is 136 Å². The molecule has 0 aliphatic heterocycles. The molecule has 0 radical (unpaired) electrons. The summed E-state index contributed by atoms with van der Waals surface area (Å²) in [6, 6.07) is 64.0. The highest BCUT2D eigenvalue weighted by Crippen LogP contribution is 2.51. The lowest BCUT2D eigenvalue weighted by atomic mass is 9.81. The van der Waals surface area contributed by atoms with E-state index in [-0.39, 0.29) is 5.41 Å². The number of fused-ring (bicyclic) bond motifs is 6. The number of hydrogen-bond acceptors (Lipinski definition) is 2. The van der Waals surface area contributed by atoms with E-state index in [9.17, 15) is 0 Å². The van der Waals surface area contributed by atoms with Crippen LogP contribution in [0.3, 0.4) is 0 Å². The molecule has 1 heterocycles. The van der Waals surface area contributed by atoms with Crippen LogP contribution >= 0.6 is 0 Å². The zero-order valence-electron chi connectivity index (χ0n) is 31.6. The van der Waals surface area contributed by atoms with Gasteiger partial charge < -0.3 is 9.32 Å². The van der Waals surface area contributed by atoms with Gasteiger partial charge in [-0.2, -0.15) is 0 Å². The summed E-state index contributed by atoms with van der Waals surface area (Å²) in [5.74, 6) is 0. The molecule has 1 aliphatic carbocycles. The quantitative estimate of drug-likeness (QED) is 0.171. The van der Waals surface area contributed by atoms with Crippen LogP contribution in [0.25, 0.3) is 66.4 Å². The van der Waals surface area contributed by atoms with E-state index in [1.165, 1.54) is 55.6 Å². The fourth-order valence-electron chi connectivity index (χ4n) is 8.87. The van der Waals surface area contributed by atoms with Gasteiger partial charge in [0.2, 0.25) is 0 Å². The van der Waals surface area contributed by atoms with Crippen molar-refractivity contribution < 1.29 is 4.42 Å². The van der Waals surface area contributed by atoms with E-state index in [0.29, 0.717) is 0 Å². The maximum absolute atomic E-state index is 6.12. The summed E-state index contributed by atoms with van der Waals surface area (Å²) in [4.78, 5) is 2.38. The Hall–Kier alpha value is -6.64. The number of furan rings is 1. The van der Waals surface area contributed by atoms with Crippen molar-refractivity contribution >= 4 is 39.0 Å². The minimum absolute atomic E-state index is 0.0351. The second-order valence-electron chi connectivity index (χ2n) is 15.5. The lowest BCUT2D eigenvalue weighted by Crippen LogP contribution is -2.15. The Morgan fingerprint density at radius 3 is 1.76 bits per heavy atom. The van der Waals surface area contributed by atoms with Crippen molar-refractivity contribution in [2.75, 3.05) is 4.90 Å². The summed E-state index contributed by atoms with van der Waals surface area (Å²) in [5.41, 5.74) is 20.5. The molecule has 0 unspecified atom stereocenters. The molecule has 1 aromatic heterocycles. The molecule has 8 aromatic carbocycles. The minimum atomic E-state index is -0.0351. The molecule has 0 bridgehead atoms. The molecule has 0 fully saturated rings. The molecular weight excluding hydrogens is 667 g/mol. The van der Waals surface area contributed by atoms with Gasteiger partial charge in [0, 0.05) is 33.2 Å². The zero-order chi connectivity index (χ0) is 37.3. The fraction of sp³-hybridized carbons (Fsp3) is 0.0943. The van der Waals surface area contributed by atoms with Crippen molar-refractivity contribution in [1.29, 1.82) is 0 Å². The standard InChI is InChI=1S/C53H41NO/c1-34-28-35(2)52-47-33-41(22-26-48(47)53(3,4)49(52)29-34)39-15-11-17-44(31-39)54(43-16-10-14-38(30-43)36-12-6-5-7-13-36)42-24-20-37(21-25-42)40-23-27-51-46(32-40)45-18-8-9-19-50(45)55-51/h5-33H,1-4H3. The van der Waals surface area contributed by atoms with Gasteiger partial charge in [0.1, 0.15) is 11.2 Å². The SMILES string of the molecule is Cc1cc(C)c2c(c1)C(C)(C)c1ccc(-c3cccc(N(c4ccc(-c5ccc6oc7ccccc7c6c5)cc4)c4cccc(-c5ccccc5)c4)c3)cc1-2. The molecule has 2 nitrogen and oxygen atoms in total. The number of para-hydroxylation sites is 1. The number of anilines is 3. The van der Waals surface area contributed by atoms with Crippen LogP contribution in [0.5, 0.6) is 0 Å². The van der Waals surface area contributed by atoms with Gasteiger partial charge in [0.25, 0.3) is 0 Å². The monoisotopic (exact) mass is 707 g/mol. The highest BCUT2D eigenvalue weighted by atomic mass is 16.3. The average Bonchev–Trinajstić information content (AvgIpc) is 3.70. The molecule has 0 amide bonds. The van der Waals surface area contributed by atoms with E-state index in [0.717, 1.165) is 50.1 Å². The number of aryl methyl sites for hydroxylation is 2. The highest BCUT2D eigenvalue weighted by molar-refractivity contribution is 6.06. The Bertz CT molecular complexity index is 2910. The van der Waals surface area contributed by atoms with Crippen LogP contribution in [0.4, 0.5) is 17.1 Å². The largest absolute Gasteiger partial charge is 0.456 e. The first-order valence-electron chi connectivity index (χ1n) is 19.2. The molecule has 0 saturated heterocycles. The maximum atomic E-state index is 6.12. The number of benzene rings is 8. The maximum Gasteiger partial charge on any atom is 0.135 e. The Balaban J connectivity index is 1.07. The molecule has 0 saturated carbocycles. The molecule has 264 valence electrons. The third-order valence-electron chi connectivity index (χ3n) is 11.6. The van der Waals surface area contributed by atoms with Crippen molar-refractivity contribution in [3.63, 3.8) is 0 Å². The number of hydrogen-bond donors (Lipinski definition) is 0. The van der Waals surface area contributed by atoms with Crippen molar-refractivity contribution in [2.24, 2.45) is 0 Å². The highest BCUT2D eigenvalue weighted by Gasteiger charge is 2.36. The van der Waals surface area contributed by atoms with Crippen LogP contribution in [-0.4, -0.2) is 0 Å². The Labute approximate surface area is 323 Å². The summed E-state index contributed by atoms with van der Waals surface area (Å²) in [5, 5.41) is 2.28. The van der Waals surface area contributed by atoms with Crippen LogP contribution in [0, 0.1) is 13.8 Å². The Kier molecular flexibility index (Phi) is 7.64. The second kappa shape index (κ2) is 12.7. The molecular formula is C53H41NO. The second-order valence-corrected chi connectivity index (χ2v) is 15.5. The van der Waals surface area contributed by atoms with Crippen molar-refractivity contribution in [3.05, 3.63) is 198 Å². The van der Waals surface area contributed by atoms with E-state index >= 15 is 0 Å². The predicted molar refractivity (Wildman–Crippen MR) is 232 cm³/mol. The van der Waals surface area contributed by atoms with Gasteiger partial charge in [-0.15, -0.1) is 0 Å². The van der Waals surface area contributed by atoms with E-state index in [1.54, 1.807) is 0 Å². The first-order valence-corrected chi connectivity index (χ1v) is 19.2. The Morgan fingerprint density at radius 1 is 0.418 bits per heavy atom. The molecule has 0 N–H and O–H groups in total. The third kappa shape index (κ3) is 5.56. The van der Waals surface area contributed by atoms with Gasteiger partial charge in [-0.1, -0.05) is 135 Å². The molecule has 55 heavy (non-hydrogen) atoms. The lowest BCUT2D eigenvalue weighted by molar-refractivity contribution is 0.659. The van der Waals surface area contributed by atoms with E-state index < -0.39 is 0 Å². The number of nitrogens with zero attached hydrogens (tertiary/aromatic N) is 1. The fourth-order valence-corrected chi connectivity index (χ4v) is 8.87. The predicted octanol–water partition coefficient (Wildman–Crippen LogP) is 15.0.